The molecule has 4 nitrogen and oxygen atoms in total. The third kappa shape index (κ3) is 12.0. The van der Waals surface area contributed by atoms with Crippen molar-refractivity contribution in [1.82, 2.24) is 0 Å². The molecule has 0 amide bonds. The molecule has 0 saturated heterocycles. The van der Waals surface area contributed by atoms with E-state index in [9.17, 15) is 26.3 Å². The first-order valence-corrected chi connectivity index (χ1v) is 14.5. The van der Waals surface area contributed by atoms with Crippen LogP contribution in [-0.2, 0) is 6.42 Å². The normalized spacial score (nSPS) is 12.4. The van der Waals surface area contributed by atoms with E-state index in [1.165, 1.54) is 55.3 Å². The second-order valence-electron chi connectivity index (χ2n) is 8.67. The first-order chi connectivity index (χ1) is 20.5. The molecule has 0 aliphatic carbocycles. The monoisotopic (exact) mass is 622 g/mol. The summed E-state index contributed by atoms with van der Waals surface area (Å²) in [5.74, 6) is 0.973. The Kier molecular flexibility index (Phi) is 14.7. The maximum atomic E-state index is 13.7. The fraction of sp³-hybridized carbons (Fsp3) is 0.355. The molecule has 0 bridgehead atoms. The Morgan fingerprint density at radius 3 is 1.74 bits per heavy atom. The third-order valence-electron chi connectivity index (χ3n) is 5.78. The Morgan fingerprint density at radius 1 is 0.721 bits per heavy atom. The van der Waals surface area contributed by atoms with Crippen LogP contribution in [-0.4, -0.2) is 57.7 Å². The lowest BCUT2D eigenvalue weighted by Crippen LogP contribution is -2.24. The zero-order chi connectivity index (χ0) is 31.9. The molecule has 3 aromatic carbocycles. The molecule has 230 valence electrons. The molecule has 0 fully saturated rings. The maximum absolute atomic E-state index is 13.7. The Hall–Kier alpha value is -3.41. The SMILES string of the molecule is CC.[B]C/N=C(/c1ccc(CCCCOc2ccc(/C(=N/CSc3ccc(OC)cc3)C(F)(F)F)cc2)cc1)C(F)(F)F. The van der Waals surface area contributed by atoms with Crippen LogP contribution in [0.5, 0.6) is 11.5 Å². The van der Waals surface area contributed by atoms with Crippen LogP contribution in [0.2, 0.25) is 0 Å². The second kappa shape index (κ2) is 17.6. The van der Waals surface area contributed by atoms with Gasteiger partial charge in [0, 0.05) is 22.5 Å². The molecule has 3 aromatic rings. The largest absolute Gasteiger partial charge is 0.497 e. The maximum Gasteiger partial charge on any atom is 0.433 e. The van der Waals surface area contributed by atoms with Gasteiger partial charge >= 0.3 is 12.4 Å². The van der Waals surface area contributed by atoms with Gasteiger partial charge in [0.25, 0.3) is 0 Å². The summed E-state index contributed by atoms with van der Waals surface area (Å²) in [6, 6.07) is 18.5. The molecule has 0 aliphatic rings. The fourth-order valence-corrected chi connectivity index (χ4v) is 4.45. The highest BCUT2D eigenvalue weighted by Crippen LogP contribution is 2.27. The van der Waals surface area contributed by atoms with Gasteiger partial charge in [-0.05, 0) is 73.4 Å². The van der Waals surface area contributed by atoms with Crippen molar-refractivity contribution in [2.45, 2.75) is 50.4 Å². The van der Waals surface area contributed by atoms with Crippen molar-refractivity contribution < 1.29 is 35.8 Å². The summed E-state index contributed by atoms with van der Waals surface area (Å²) in [4.78, 5) is 7.92. The number of halogens is 6. The van der Waals surface area contributed by atoms with Gasteiger partial charge in [-0.2, -0.15) is 26.3 Å². The molecule has 0 saturated carbocycles. The average molecular weight is 622 g/mol. The summed E-state index contributed by atoms with van der Waals surface area (Å²) >= 11 is 1.18. The van der Waals surface area contributed by atoms with Gasteiger partial charge in [-0.25, -0.2) is 0 Å². The number of hydrogen-bond donors (Lipinski definition) is 0. The van der Waals surface area contributed by atoms with E-state index in [1.807, 2.05) is 13.8 Å². The highest BCUT2D eigenvalue weighted by molar-refractivity contribution is 7.99. The van der Waals surface area contributed by atoms with Gasteiger partial charge < -0.3 is 9.47 Å². The number of thioether (sulfide) groups is 1. The van der Waals surface area contributed by atoms with Gasteiger partial charge in [-0.3, -0.25) is 9.98 Å². The zero-order valence-electron chi connectivity index (χ0n) is 24.1. The quantitative estimate of drug-likeness (QED) is 0.0630. The minimum atomic E-state index is -4.62. The summed E-state index contributed by atoms with van der Waals surface area (Å²) in [5, 5.41) is 0. The highest BCUT2D eigenvalue weighted by atomic mass is 32.2. The molecule has 0 atom stereocenters. The summed E-state index contributed by atoms with van der Waals surface area (Å²) in [6.07, 6.45) is -7.69. The van der Waals surface area contributed by atoms with Crippen molar-refractivity contribution in [3.63, 3.8) is 0 Å². The molecule has 2 radical (unpaired) electrons. The van der Waals surface area contributed by atoms with Crippen LogP contribution in [0.15, 0.2) is 87.7 Å². The lowest BCUT2D eigenvalue weighted by molar-refractivity contribution is -0.0590. The van der Waals surface area contributed by atoms with Crippen molar-refractivity contribution in [2.24, 2.45) is 9.98 Å². The van der Waals surface area contributed by atoms with Crippen LogP contribution in [0.1, 0.15) is 43.4 Å². The highest BCUT2D eigenvalue weighted by Gasteiger charge is 2.37. The minimum Gasteiger partial charge on any atom is -0.497 e. The summed E-state index contributed by atoms with van der Waals surface area (Å²) < 4.78 is 91.0. The van der Waals surface area contributed by atoms with Crippen molar-refractivity contribution in [3.8, 4) is 11.5 Å². The Bertz CT molecular complexity index is 1290. The number of aryl methyl sites for hydroxylation is 1. The predicted molar refractivity (Wildman–Crippen MR) is 162 cm³/mol. The second-order valence-corrected chi connectivity index (χ2v) is 9.69. The Morgan fingerprint density at radius 2 is 1.23 bits per heavy atom. The molecule has 0 aromatic heterocycles. The van der Waals surface area contributed by atoms with Gasteiger partial charge in [-0.15, -0.1) is 11.8 Å². The predicted octanol–water partition coefficient (Wildman–Crippen LogP) is 8.70. The van der Waals surface area contributed by atoms with E-state index in [1.54, 1.807) is 36.4 Å². The molecule has 0 N–H and O–H groups in total. The molecule has 3 rings (SSSR count). The average Bonchev–Trinajstić information content (AvgIpc) is 2.99. The summed E-state index contributed by atoms with van der Waals surface area (Å²) in [6.45, 7) is 4.33. The molecular formula is C31H33BF6N2O2S. The van der Waals surface area contributed by atoms with E-state index in [4.69, 9.17) is 17.3 Å². The molecule has 0 spiro atoms. The Balaban J connectivity index is 0.00000316. The lowest BCUT2D eigenvalue weighted by Gasteiger charge is -2.12. The number of unbranched alkanes of at least 4 members (excludes halogenated alkanes) is 1. The topological polar surface area (TPSA) is 43.2 Å². The number of rotatable bonds is 13. The van der Waals surface area contributed by atoms with E-state index in [0.29, 0.717) is 37.4 Å². The van der Waals surface area contributed by atoms with Gasteiger partial charge in [-0.1, -0.05) is 38.1 Å². The number of hydrogen-bond acceptors (Lipinski definition) is 5. The number of ether oxygens (including phenoxy) is 2. The van der Waals surface area contributed by atoms with Crippen molar-refractivity contribution in [2.75, 3.05) is 26.0 Å². The van der Waals surface area contributed by atoms with Crippen LogP contribution >= 0.6 is 11.8 Å². The molecule has 0 heterocycles. The smallest absolute Gasteiger partial charge is 0.433 e. The van der Waals surface area contributed by atoms with Gasteiger partial charge in [0.1, 0.15) is 22.9 Å². The van der Waals surface area contributed by atoms with Crippen LogP contribution < -0.4 is 9.47 Å². The standard InChI is InChI=1S/C29H27BF6N2O2S.C2H6/c1-39-23-13-15-25(16-14-23)41-19-38-27(29(34,35)36)22-9-11-24(12-10-22)40-17-3-2-4-20-5-7-21(8-6-20)26(37-18-30)28(31,32)33;1-2/h5-16H,2-4,17-19H2,1H3;1-2H3/b37-26-,38-27-;. The molecule has 0 unspecified atom stereocenters. The number of alkyl halides is 6. The molecular weight excluding hydrogens is 589 g/mol. The van der Waals surface area contributed by atoms with Crippen molar-refractivity contribution >= 4 is 31.0 Å². The van der Waals surface area contributed by atoms with Crippen LogP contribution in [0.3, 0.4) is 0 Å². The number of nitrogens with zero attached hydrogens (tertiary/aromatic N) is 2. The summed E-state index contributed by atoms with van der Waals surface area (Å²) in [7, 11) is 6.69. The molecule has 0 aliphatic heterocycles. The van der Waals surface area contributed by atoms with Crippen LogP contribution in [0, 0.1) is 0 Å². The first-order valence-electron chi connectivity index (χ1n) is 13.5. The zero-order valence-corrected chi connectivity index (χ0v) is 25.0. The van der Waals surface area contributed by atoms with Crippen molar-refractivity contribution in [1.29, 1.82) is 0 Å². The van der Waals surface area contributed by atoms with Gasteiger partial charge in [0.15, 0.2) is 0 Å². The van der Waals surface area contributed by atoms with E-state index >= 15 is 0 Å². The van der Waals surface area contributed by atoms with E-state index in [2.05, 4.69) is 9.98 Å². The number of benzene rings is 3. The molecule has 12 heteroatoms. The first kappa shape index (κ1) is 35.8. The van der Waals surface area contributed by atoms with E-state index < -0.39 is 30.2 Å². The van der Waals surface area contributed by atoms with Crippen LogP contribution in [0.4, 0.5) is 26.3 Å². The number of aliphatic imine (C=N–C) groups is 2. The van der Waals surface area contributed by atoms with E-state index in [-0.39, 0.29) is 17.0 Å². The minimum absolute atomic E-state index is 0.0480. The van der Waals surface area contributed by atoms with Crippen LogP contribution in [0.25, 0.3) is 0 Å². The molecule has 43 heavy (non-hydrogen) atoms. The number of methoxy groups -OCH3 is 1. The summed E-state index contributed by atoms with van der Waals surface area (Å²) in [5.41, 5.74) is -1.22. The van der Waals surface area contributed by atoms with E-state index in [0.717, 1.165) is 10.5 Å². The Labute approximate surface area is 254 Å². The van der Waals surface area contributed by atoms with Gasteiger partial charge in [0.2, 0.25) is 0 Å². The fourth-order valence-electron chi connectivity index (χ4n) is 3.78. The lowest BCUT2D eigenvalue weighted by atomic mass is 10.0. The van der Waals surface area contributed by atoms with Crippen molar-refractivity contribution in [3.05, 3.63) is 89.5 Å². The van der Waals surface area contributed by atoms with Gasteiger partial charge in [0.05, 0.1) is 27.4 Å². The third-order valence-corrected chi connectivity index (χ3v) is 6.65.